The van der Waals surface area contributed by atoms with Gasteiger partial charge in [-0.25, -0.2) is 0 Å². The number of thiophene rings is 1. The van der Waals surface area contributed by atoms with E-state index in [2.05, 4.69) is 42.3 Å². The Morgan fingerprint density at radius 2 is 2.17 bits per heavy atom. The van der Waals surface area contributed by atoms with Crippen LogP contribution >= 0.6 is 11.3 Å². The van der Waals surface area contributed by atoms with Crippen molar-refractivity contribution in [1.82, 2.24) is 0 Å². The van der Waals surface area contributed by atoms with Crippen LogP contribution < -0.4 is 10.6 Å². The van der Waals surface area contributed by atoms with Crippen LogP contribution in [0.1, 0.15) is 29.0 Å². The van der Waals surface area contributed by atoms with Crippen molar-refractivity contribution in [1.29, 1.82) is 0 Å². The Hall–Kier alpha value is -1.48. The van der Waals surface area contributed by atoms with Crippen molar-refractivity contribution < 1.29 is 0 Å². The molecule has 1 aliphatic heterocycles. The van der Waals surface area contributed by atoms with E-state index in [0.717, 1.165) is 18.7 Å². The molecule has 0 saturated heterocycles. The highest BCUT2D eigenvalue weighted by atomic mass is 32.1. The van der Waals surface area contributed by atoms with E-state index < -0.39 is 0 Å². The molecule has 2 heterocycles. The van der Waals surface area contributed by atoms with Gasteiger partial charge in [0.05, 0.1) is 6.04 Å². The Kier molecular flexibility index (Phi) is 2.78. The Morgan fingerprint density at radius 3 is 2.94 bits per heavy atom. The van der Waals surface area contributed by atoms with Crippen molar-refractivity contribution >= 4 is 22.7 Å². The third kappa shape index (κ3) is 1.89. The van der Waals surface area contributed by atoms with E-state index in [1.165, 1.54) is 16.8 Å². The minimum absolute atomic E-state index is 0.446. The number of nitrogens with two attached hydrogens (primary N) is 1. The molecule has 2 aromatic rings. The Labute approximate surface area is 112 Å². The van der Waals surface area contributed by atoms with Crippen LogP contribution in [0, 0.1) is 6.92 Å². The third-order valence-electron chi connectivity index (χ3n) is 3.69. The number of nitrogen functional groups attached to an aromatic ring is 1. The van der Waals surface area contributed by atoms with Gasteiger partial charge in [0.1, 0.15) is 0 Å². The standard InChI is InChI=1S/C15H18N2S/c1-10-7-12(16)9-13(8-10)17-5-3-15-14(11(17)2)4-6-18-15/h4,6-9,11H,3,5,16H2,1-2H3. The van der Waals surface area contributed by atoms with Gasteiger partial charge >= 0.3 is 0 Å². The van der Waals surface area contributed by atoms with Crippen molar-refractivity contribution in [3.63, 3.8) is 0 Å². The molecule has 2 N–H and O–H groups in total. The molecule has 1 aliphatic rings. The maximum Gasteiger partial charge on any atom is 0.0525 e. The molecule has 1 aromatic heterocycles. The second-order valence-electron chi connectivity index (χ2n) is 5.02. The van der Waals surface area contributed by atoms with E-state index in [9.17, 15) is 0 Å². The van der Waals surface area contributed by atoms with Gasteiger partial charge in [0, 0.05) is 22.8 Å². The molecule has 3 heteroatoms. The lowest BCUT2D eigenvalue weighted by Gasteiger charge is -2.36. The third-order valence-corrected chi connectivity index (χ3v) is 4.69. The minimum Gasteiger partial charge on any atom is -0.399 e. The quantitative estimate of drug-likeness (QED) is 0.789. The summed E-state index contributed by atoms with van der Waals surface area (Å²) in [5.74, 6) is 0. The molecule has 94 valence electrons. The van der Waals surface area contributed by atoms with E-state index in [1.807, 2.05) is 17.4 Å². The van der Waals surface area contributed by atoms with Gasteiger partial charge in [0.15, 0.2) is 0 Å². The zero-order valence-corrected chi connectivity index (χ0v) is 11.6. The summed E-state index contributed by atoms with van der Waals surface area (Å²) < 4.78 is 0. The van der Waals surface area contributed by atoms with E-state index in [-0.39, 0.29) is 0 Å². The minimum atomic E-state index is 0.446. The van der Waals surface area contributed by atoms with E-state index in [4.69, 9.17) is 5.73 Å². The zero-order valence-electron chi connectivity index (χ0n) is 10.8. The average molecular weight is 258 g/mol. The molecule has 18 heavy (non-hydrogen) atoms. The zero-order chi connectivity index (χ0) is 12.7. The van der Waals surface area contributed by atoms with Crippen LogP contribution in [0.3, 0.4) is 0 Å². The second-order valence-corrected chi connectivity index (χ2v) is 6.02. The van der Waals surface area contributed by atoms with Crippen molar-refractivity contribution in [2.45, 2.75) is 26.3 Å². The number of aryl methyl sites for hydroxylation is 1. The molecule has 0 amide bonds. The van der Waals surface area contributed by atoms with Crippen molar-refractivity contribution in [3.8, 4) is 0 Å². The number of anilines is 2. The number of nitrogens with zero attached hydrogens (tertiary/aromatic N) is 1. The first-order valence-electron chi connectivity index (χ1n) is 6.35. The lowest BCUT2D eigenvalue weighted by Crippen LogP contribution is -2.33. The van der Waals surface area contributed by atoms with Crippen LogP contribution in [0.15, 0.2) is 29.6 Å². The first-order valence-corrected chi connectivity index (χ1v) is 7.23. The predicted octanol–water partition coefficient (Wildman–Crippen LogP) is 3.76. The Bertz CT molecular complexity index is 553. The summed E-state index contributed by atoms with van der Waals surface area (Å²) in [6.45, 7) is 5.46. The molecule has 0 aliphatic carbocycles. The Balaban J connectivity index is 1.99. The van der Waals surface area contributed by atoms with Crippen LogP contribution in [0.5, 0.6) is 0 Å². The van der Waals surface area contributed by atoms with Gasteiger partial charge in [-0.2, -0.15) is 0 Å². The maximum atomic E-state index is 5.96. The molecule has 0 fully saturated rings. The van der Waals surface area contributed by atoms with Gasteiger partial charge in [-0.1, -0.05) is 0 Å². The Morgan fingerprint density at radius 1 is 1.33 bits per heavy atom. The van der Waals surface area contributed by atoms with Gasteiger partial charge in [0.25, 0.3) is 0 Å². The molecule has 1 atom stereocenters. The highest BCUT2D eigenvalue weighted by Gasteiger charge is 2.24. The van der Waals surface area contributed by atoms with Gasteiger partial charge < -0.3 is 10.6 Å². The fourth-order valence-electron chi connectivity index (χ4n) is 2.82. The normalized spacial score (nSPS) is 18.8. The smallest absolute Gasteiger partial charge is 0.0525 e. The molecular weight excluding hydrogens is 240 g/mol. The summed E-state index contributed by atoms with van der Waals surface area (Å²) in [4.78, 5) is 4.00. The van der Waals surface area contributed by atoms with Gasteiger partial charge in [-0.15, -0.1) is 11.3 Å². The van der Waals surface area contributed by atoms with Gasteiger partial charge in [-0.3, -0.25) is 0 Å². The monoisotopic (exact) mass is 258 g/mol. The molecule has 1 unspecified atom stereocenters. The van der Waals surface area contributed by atoms with Crippen molar-refractivity contribution in [2.24, 2.45) is 0 Å². The molecule has 1 aromatic carbocycles. The highest BCUT2D eigenvalue weighted by molar-refractivity contribution is 7.10. The predicted molar refractivity (Wildman–Crippen MR) is 79.4 cm³/mol. The number of fused-ring (bicyclic) bond motifs is 1. The second kappa shape index (κ2) is 4.32. The van der Waals surface area contributed by atoms with E-state index >= 15 is 0 Å². The lowest BCUT2D eigenvalue weighted by atomic mass is 10.00. The number of hydrogen-bond acceptors (Lipinski definition) is 3. The summed E-state index contributed by atoms with van der Waals surface area (Å²) in [5, 5.41) is 2.20. The summed E-state index contributed by atoms with van der Waals surface area (Å²) in [5.41, 5.74) is 10.8. The van der Waals surface area contributed by atoms with Crippen molar-refractivity contribution in [2.75, 3.05) is 17.2 Å². The first-order chi connectivity index (χ1) is 8.65. The van der Waals surface area contributed by atoms with Crippen LogP contribution in [0.25, 0.3) is 0 Å². The molecular formula is C15H18N2S. The van der Waals surface area contributed by atoms with Crippen LogP contribution in [-0.2, 0) is 6.42 Å². The molecule has 0 radical (unpaired) electrons. The highest BCUT2D eigenvalue weighted by Crippen LogP contribution is 2.36. The number of benzene rings is 1. The van der Waals surface area contributed by atoms with E-state index in [0.29, 0.717) is 6.04 Å². The van der Waals surface area contributed by atoms with E-state index in [1.54, 1.807) is 4.88 Å². The summed E-state index contributed by atoms with van der Waals surface area (Å²) in [6.07, 6.45) is 1.14. The fraction of sp³-hybridized carbons (Fsp3) is 0.333. The molecule has 2 nitrogen and oxygen atoms in total. The first kappa shape index (κ1) is 11.6. The number of rotatable bonds is 1. The average Bonchev–Trinajstić information content (AvgIpc) is 2.77. The SMILES string of the molecule is Cc1cc(N)cc(N2CCc3sccc3C2C)c1. The largest absolute Gasteiger partial charge is 0.399 e. The summed E-state index contributed by atoms with van der Waals surface area (Å²) in [7, 11) is 0. The molecule has 0 spiro atoms. The molecule has 0 saturated carbocycles. The molecule has 3 rings (SSSR count). The lowest BCUT2D eigenvalue weighted by molar-refractivity contribution is 0.633. The summed E-state index contributed by atoms with van der Waals surface area (Å²) in [6, 6.07) is 9.04. The maximum absolute atomic E-state index is 5.96. The topological polar surface area (TPSA) is 29.3 Å². The number of hydrogen-bond donors (Lipinski definition) is 1. The van der Waals surface area contributed by atoms with Crippen LogP contribution in [0.2, 0.25) is 0 Å². The molecule has 0 bridgehead atoms. The van der Waals surface area contributed by atoms with Crippen molar-refractivity contribution in [3.05, 3.63) is 45.6 Å². The fourth-order valence-corrected chi connectivity index (χ4v) is 3.78. The summed E-state index contributed by atoms with van der Waals surface area (Å²) >= 11 is 1.88. The van der Waals surface area contributed by atoms with Crippen LogP contribution in [-0.4, -0.2) is 6.54 Å². The van der Waals surface area contributed by atoms with Gasteiger partial charge in [0.2, 0.25) is 0 Å². The van der Waals surface area contributed by atoms with Crippen LogP contribution in [0.4, 0.5) is 11.4 Å². The van der Waals surface area contributed by atoms with Gasteiger partial charge in [-0.05, 0) is 61.0 Å².